The number of hydrogen-bond donors (Lipinski definition) is 1. The molecule has 0 fully saturated rings. The van der Waals surface area contributed by atoms with Gasteiger partial charge in [0, 0.05) is 13.7 Å². The molecule has 0 aliphatic rings. The average molecular weight is 216 g/mol. The Kier molecular flexibility index (Phi) is 11.9. The second-order valence-electron chi connectivity index (χ2n) is 4.35. The lowest BCUT2D eigenvalue weighted by molar-refractivity contribution is 0.144. The average Bonchev–Trinajstić information content (AvgIpc) is 2.24. The molecule has 0 saturated carbocycles. The fraction of sp³-hybridized carbons (Fsp3) is 1.00. The van der Waals surface area contributed by atoms with Crippen molar-refractivity contribution in [3.63, 3.8) is 0 Å². The van der Waals surface area contributed by atoms with Gasteiger partial charge in [-0.1, -0.05) is 45.4 Å². The minimum absolute atomic E-state index is 0.0654. The summed E-state index contributed by atoms with van der Waals surface area (Å²) < 4.78 is 4.98. The normalized spacial score (nSPS) is 13.0. The number of hydrogen-bond acceptors (Lipinski definition) is 2. The first-order valence-corrected chi connectivity index (χ1v) is 6.48. The summed E-state index contributed by atoms with van der Waals surface area (Å²) in [4.78, 5) is 0. The molecule has 0 bridgehead atoms. The highest BCUT2D eigenvalue weighted by Crippen LogP contribution is 2.11. The maximum absolute atomic E-state index is 9.67. The van der Waals surface area contributed by atoms with Gasteiger partial charge in [0.1, 0.15) is 0 Å². The van der Waals surface area contributed by atoms with Crippen LogP contribution in [0.15, 0.2) is 0 Å². The Balaban J connectivity index is 3.08. The zero-order valence-electron chi connectivity index (χ0n) is 10.5. The van der Waals surface area contributed by atoms with Gasteiger partial charge in [-0.15, -0.1) is 0 Å². The summed E-state index contributed by atoms with van der Waals surface area (Å²) >= 11 is 0. The molecular formula is C13H28O2. The van der Waals surface area contributed by atoms with Gasteiger partial charge in [-0.25, -0.2) is 0 Å². The summed E-state index contributed by atoms with van der Waals surface area (Å²) in [7, 11) is 1.74. The highest BCUT2D eigenvalue weighted by Gasteiger charge is 2.02. The first-order chi connectivity index (χ1) is 7.31. The maximum Gasteiger partial charge on any atom is 0.0540 e. The van der Waals surface area contributed by atoms with Crippen LogP contribution in [0.1, 0.15) is 64.7 Å². The van der Waals surface area contributed by atoms with Gasteiger partial charge in [0.15, 0.2) is 0 Å². The van der Waals surface area contributed by atoms with Crippen LogP contribution < -0.4 is 0 Å². The van der Waals surface area contributed by atoms with Crippen LogP contribution in [0.4, 0.5) is 0 Å². The van der Waals surface area contributed by atoms with Gasteiger partial charge < -0.3 is 9.84 Å². The Bertz CT molecular complexity index is 115. The molecule has 0 saturated heterocycles. The van der Waals surface area contributed by atoms with Crippen LogP contribution in [0.5, 0.6) is 0 Å². The van der Waals surface area contributed by atoms with Crippen molar-refractivity contribution in [2.75, 3.05) is 13.7 Å². The van der Waals surface area contributed by atoms with Crippen LogP contribution in [0.25, 0.3) is 0 Å². The van der Waals surface area contributed by atoms with Crippen LogP contribution in [0.3, 0.4) is 0 Å². The molecule has 2 nitrogen and oxygen atoms in total. The zero-order valence-corrected chi connectivity index (χ0v) is 10.5. The summed E-state index contributed by atoms with van der Waals surface area (Å²) in [5, 5.41) is 9.67. The molecule has 0 aliphatic heterocycles. The second-order valence-corrected chi connectivity index (χ2v) is 4.35. The van der Waals surface area contributed by atoms with E-state index in [2.05, 4.69) is 6.92 Å². The van der Waals surface area contributed by atoms with Gasteiger partial charge in [0.25, 0.3) is 0 Å². The number of methoxy groups -OCH3 is 1. The third-order valence-electron chi connectivity index (χ3n) is 2.78. The van der Waals surface area contributed by atoms with Gasteiger partial charge >= 0.3 is 0 Å². The van der Waals surface area contributed by atoms with E-state index in [1.54, 1.807) is 7.11 Å². The smallest absolute Gasteiger partial charge is 0.0540 e. The number of ether oxygens (including phenoxy) is 1. The predicted molar refractivity (Wildman–Crippen MR) is 65.1 cm³/mol. The van der Waals surface area contributed by atoms with Crippen molar-refractivity contribution in [3.8, 4) is 0 Å². The lowest BCUT2D eigenvalue weighted by atomic mass is 10.0. The van der Waals surface area contributed by atoms with Crippen molar-refractivity contribution >= 4 is 0 Å². The zero-order chi connectivity index (χ0) is 11.4. The van der Waals surface area contributed by atoms with E-state index >= 15 is 0 Å². The molecule has 0 spiro atoms. The quantitative estimate of drug-likeness (QED) is 0.535. The minimum atomic E-state index is -0.0654. The molecule has 2 heteroatoms. The largest absolute Gasteiger partial charge is 0.393 e. The van der Waals surface area contributed by atoms with Crippen molar-refractivity contribution in [3.05, 3.63) is 0 Å². The summed E-state index contributed by atoms with van der Waals surface area (Å²) in [6.45, 7) is 3.07. The van der Waals surface area contributed by atoms with Crippen LogP contribution >= 0.6 is 0 Å². The summed E-state index contributed by atoms with van der Waals surface area (Å²) in [6, 6.07) is 0. The summed E-state index contributed by atoms with van der Waals surface area (Å²) in [5.41, 5.74) is 0. The van der Waals surface area contributed by atoms with Crippen molar-refractivity contribution < 1.29 is 9.84 Å². The molecular weight excluding hydrogens is 188 g/mol. The molecule has 0 aromatic rings. The Hall–Kier alpha value is -0.0800. The Morgan fingerprint density at radius 2 is 1.53 bits per heavy atom. The highest BCUT2D eigenvalue weighted by atomic mass is 16.5. The SMILES string of the molecule is CCCCCCC(O)CCCCCOC. The van der Waals surface area contributed by atoms with Gasteiger partial charge in [0.2, 0.25) is 0 Å². The fourth-order valence-electron chi connectivity index (χ4n) is 1.75. The van der Waals surface area contributed by atoms with E-state index in [9.17, 15) is 5.11 Å². The molecule has 0 aliphatic carbocycles. The van der Waals surface area contributed by atoms with Crippen LogP contribution in [-0.2, 0) is 4.74 Å². The number of aliphatic hydroxyl groups excluding tert-OH is 1. The Labute approximate surface area is 95.0 Å². The van der Waals surface area contributed by atoms with E-state index in [1.165, 1.54) is 32.1 Å². The molecule has 1 atom stereocenters. The topological polar surface area (TPSA) is 29.5 Å². The van der Waals surface area contributed by atoms with Crippen molar-refractivity contribution in [1.29, 1.82) is 0 Å². The Morgan fingerprint density at radius 3 is 2.07 bits per heavy atom. The van der Waals surface area contributed by atoms with Gasteiger partial charge in [-0.05, 0) is 19.3 Å². The Morgan fingerprint density at radius 1 is 0.933 bits per heavy atom. The number of aliphatic hydroxyl groups is 1. The first-order valence-electron chi connectivity index (χ1n) is 6.48. The van der Waals surface area contributed by atoms with E-state index < -0.39 is 0 Å². The molecule has 0 amide bonds. The van der Waals surface area contributed by atoms with Crippen LogP contribution in [-0.4, -0.2) is 24.9 Å². The molecule has 0 heterocycles. The first kappa shape index (κ1) is 14.9. The fourth-order valence-corrected chi connectivity index (χ4v) is 1.75. The van der Waals surface area contributed by atoms with E-state index in [0.29, 0.717) is 0 Å². The lowest BCUT2D eigenvalue weighted by Crippen LogP contribution is -2.06. The van der Waals surface area contributed by atoms with Crippen LogP contribution in [0.2, 0.25) is 0 Å². The number of rotatable bonds is 11. The van der Waals surface area contributed by atoms with E-state index in [4.69, 9.17) is 4.74 Å². The molecule has 0 aromatic heterocycles. The maximum atomic E-state index is 9.67. The minimum Gasteiger partial charge on any atom is -0.393 e. The molecule has 92 valence electrons. The van der Waals surface area contributed by atoms with Crippen LogP contribution in [0, 0.1) is 0 Å². The number of unbranched alkanes of at least 4 members (excludes halogenated alkanes) is 5. The van der Waals surface area contributed by atoms with E-state index in [-0.39, 0.29) is 6.10 Å². The lowest BCUT2D eigenvalue weighted by Gasteiger charge is -2.09. The standard InChI is InChI=1S/C13H28O2/c1-3-4-5-7-10-13(14)11-8-6-9-12-15-2/h13-14H,3-12H2,1-2H3. The molecule has 1 N–H and O–H groups in total. The third-order valence-corrected chi connectivity index (χ3v) is 2.78. The van der Waals surface area contributed by atoms with Crippen molar-refractivity contribution in [1.82, 2.24) is 0 Å². The van der Waals surface area contributed by atoms with Gasteiger partial charge in [-0.3, -0.25) is 0 Å². The van der Waals surface area contributed by atoms with Gasteiger partial charge in [-0.2, -0.15) is 0 Å². The van der Waals surface area contributed by atoms with E-state index in [1.807, 2.05) is 0 Å². The van der Waals surface area contributed by atoms with Gasteiger partial charge in [0.05, 0.1) is 6.10 Å². The highest BCUT2D eigenvalue weighted by molar-refractivity contribution is 4.56. The molecule has 0 aromatic carbocycles. The predicted octanol–water partition coefficient (Wildman–Crippen LogP) is 3.52. The van der Waals surface area contributed by atoms with Crippen molar-refractivity contribution in [2.24, 2.45) is 0 Å². The van der Waals surface area contributed by atoms with E-state index in [0.717, 1.165) is 32.3 Å². The second kappa shape index (κ2) is 12.0. The summed E-state index contributed by atoms with van der Waals surface area (Å²) in [5.74, 6) is 0. The summed E-state index contributed by atoms with van der Waals surface area (Å²) in [6.07, 6.45) is 10.4. The molecule has 15 heavy (non-hydrogen) atoms. The third kappa shape index (κ3) is 11.8. The monoisotopic (exact) mass is 216 g/mol. The molecule has 0 radical (unpaired) electrons. The molecule has 1 unspecified atom stereocenters. The molecule has 0 rings (SSSR count). The van der Waals surface area contributed by atoms with Crippen molar-refractivity contribution in [2.45, 2.75) is 70.8 Å².